The van der Waals surface area contributed by atoms with Crippen LogP contribution in [-0.4, -0.2) is 60.6 Å². The molecule has 168 valence electrons. The Kier molecular flexibility index (Phi) is 8.35. The van der Waals surface area contributed by atoms with Crippen LogP contribution in [0.25, 0.3) is 0 Å². The Morgan fingerprint density at radius 1 is 1.00 bits per heavy atom. The van der Waals surface area contributed by atoms with Crippen LogP contribution in [-0.2, 0) is 0 Å². The van der Waals surface area contributed by atoms with E-state index in [0.29, 0.717) is 17.1 Å². The minimum atomic E-state index is 0.0105. The van der Waals surface area contributed by atoms with Crippen molar-refractivity contribution >= 4 is 5.91 Å². The smallest absolute Gasteiger partial charge is 0.254 e. The Hall–Kier alpha value is -2.53. The number of hydrogen-bond acceptors (Lipinski definition) is 4. The predicted octanol–water partition coefficient (Wildman–Crippen LogP) is 4.85. The van der Waals surface area contributed by atoms with Gasteiger partial charge < -0.3 is 14.4 Å². The van der Waals surface area contributed by atoms with Gasteiger partial charge in [-0.3, -0.25) is 9.69 Å². The first-order valence-electron chi connectivity index (χ1n) is 11.4. The third-order valence-electron chi connectivity index (χ3n) is 5.27. The second-order valence-corrected chi connectivity index (χ2v) is 8.67. The maximum absolute atomic E-state index is 13.1. The van der Waals surface area contributed by atoms with Crippen molar-refractivity contribution in [3.8, 4) is 11.5 Å². The van der Waals surface area contributed by atoms with Gasteiger partial charge in [0, 0.05) is 38.3 Å². The summed E-state index contributed by atoms with van der Waals surface area (Å²) in [6.07, 6.45) is 13.4. The van der Waals surface area contributed by atoms with Crippen molar-refractivity contribution in [2.45, 2.75) is 52.7 Å². The van der Waals surface area contributed by atoms with Gasteiger partial charge in [-0.25, -0.2) is 0 Å². The highest BCUT2D eigenvalue weighted by Gasteiger charge is 2.23. The van der Waals surface area contributed by atoms with E-state index in [4.69, 9.17) is 9.47 Å². The molecule has 31 heavy (non-hydrogen) atoms. The van der Waals surface area contributed by atoms with E-state index >= 15 is 0 Å². The van der Waals surface area contributed by atoms with Crippen LogP contribution >= 0.6 is 0 Å². The maximum atomic E-state index is 13.1. The van der Waals surface area contributed by atoms with Crippen LogP contribution in [0.1, 0.15) is 50.9 Å². The molecule has 1 aromatic carbocycles. The molecular weight excluding hydrogens is 388 g/mol. The van der Waals surface area contributed by atoms with Crippen LogP contribution in [0.5, 0.6) is 11.5 Å². The molecule has 0 saturated carbocycles. The summed E-state index contributed by atoms with van der Waals surface area (Å²) in [6.45, 7) is 12.1. The van der Waals surface area contributed by atoms with Gasteiger partial charge in [-0.2, -0.15) is 0 Å². The van der Waals surface area contributed by atoms with Gasteiger partial charge in [-0.05, 0) is 64.3 Å². The number of hydrogen-bond donors (Lipinski definition) is 0. The molecule has 5 heteroatoms. The summed E-state index contributed by atoms with van der Waals surface area (Å²) in [7, 11) is 0. The molecule has 1 aliphatic heterocycles. The summed E-state index contributed by atoms with van der Waals surface area (Å²) in [5, 5.41) is 0. The predicted molar refractivity (Wildman–Crippen MR) is 126 cm³/mol. The third-order valence-corrected chi connectivity index (χ3v) is 5.27. The maximum Gasteiger partial charge on any atom is 0.254 e. The lowest BCUT2D eigenvalue weighted by Gasteiger charge is -2.34. The van der Waals surface area contributed by atoms with Crippen LogP contribution in [0.4, 0.5) is 0 Å². The molecule has 1 heterocycles. The molecule has 1 amide bonds. The number of allylic oxidation sites excluding steroid dienone is 5. The molecule has 1 aromatic rings. The summed E-state index contributed by atoms with van der Waals surface area (Å²) >= 11 is 0. The van der Waals surface area contributed by atoms with Gasteiger partial charge in [0.2, 0.25) is 0 Å². The van der Waals surface area contributed by atoms with Crippen molar-refractivity contribution in [1.29, 1.82) is 0 Å². The van der Waals surface area contributed by atoms with E-state index in [9.17, 15) is 4.79 Å². The zero-order valence-electron chi connectivity index (χ0n) is 19.3. The first-order chi connectivity index (χ1) is 14.9. The van der Waals surface area contributed by atoms with Gasteiger partial charge in [0.1, 0.15) is 0 Å². The third kappa shape index (κ3) is 7.00. The summed E-state index contributed by atoms with van der Waals surface area (Å²) in [6, 6.07) is 5.51. The van der Waals surface area contributed by atoms with Crippen molar-refractivity contribution in [2.24, 2.45) is 0 Å². The number of carbonyl (C=O) groups is 1. The first-order valence-corrected chi connectivity index (χ1v) is 11.4. The minimum absolute atomic E-state index is 0.0105. The van der Waals surface area contributed by atoms with Crippen LogP contribution < -0.4 is 9.47 Å². The van der Waals surface area contributed by atoms with Gasteiger partial charge in [0.25, 0.3) is 5.91 Å². The van der Waals surface area contributed by atoms with Crippen molar-refractivity contribution in [2.75, 3.05) is 32.7 Å². The number of rotatable bonds is 8. The number of piperazine rings is 1. The molecule has 5 nitrogen and oxygen atoms in total. The molecule has 0 N–H and O–H groups in total. The molecule has 1 saturated heterocycles. The SMILES string of the molecule is CC(C)Oc1ccc(C(=O)N2CCN(C/C=C/C3=CCCC=C3)CC2)cc1OC(C)C. The lowest BCUT2D eigenvalue weighted by Crippen LogP contribution is -2.48. The zero-order chi connectivity index (χ0) is 22.2. The number of ether oxygens (including phenoxy) is 2. The summed E-state index contributed by atoms with van der Waals surface area (Å²) < 4.78 is 11.8. The molecule has 0 atom stereocenters. The quantitative estimate of drug-likeness (QED) is 0.598. The van der Waals surface area contributed by atoms with E-state index in [2.05, 4.69) is 35.3 Å². The second kappa shape index (κ2) is 11.2. The molecule has 2 aliphatic rings. The Labute approximate surface area is 187 Å². The van der Waals surface area contributed by atoms with Gasteiger partial charge in [0.15, 0.2) is 11.5 Å². The van der Waals surface area contributed by atoms with Crippen LogP contribution in [0.15, 0.2) is 54.2 Å². The fourth-order valence-corrected chi connectivity index (χ4v) is 3.75. The minimum Gasteiger partial charge on any atom is -0.487 e. The highest BCUT2D eigenvalue weighted by molar-refractivity contribution is 5.95. The molecule has 1 aliphatic carbocycles. The average Bonchev–Trinajstić information content (AvgIpc) is 2.75. The van der Waals surface area contributed by atoms with Crippen LogP contribution in [0, 0.1) is 0 Å². The Morgan fingerprint density at radius 3 is 2.35 bits per heavy atom. The van der Waals surface area contributed by atoms with E-state index in [0.717, 1.165) is 45.6 Å². The zero-order valence-corrected chi connectivity index (χ0v) is 19.3. The van der Waals surface area contributed by atoms with E-state index in [1.807, 2.05) is 50.8 Å². The number of carbonyl (C=O) groups excluding carboxylic acids is 1. The Balaban J connectivity index is 1.56. The Bertz CT molecular complexity index is 831. The van der Waals surface area contributed by atoms with Crippen molar-refractivity contribution in [1.82, 2.24) is 9.80 Å². The van der Waals surface area contributed by atoms with Crippen molar-refractivity contribution in [3.05, 3.63) is 59.7 Å². The summed E-state index contributed by atoms with van der Waals surface area (Å²) in [4.78, 5) is 17.4. The van der Waals surface area contributed by atoms with Crippen LogP contribution in [0.3, 0.4) is 0 Å². The van der Waals surface area contributed by atoms with Crippen molar-refractivity contribution < 1.29 is 14.3 Å². The highest BCUT2D eigenvalue weighted by atomic mass is 16.5. The van der Waals surface area contributed by atoms with Gasteiger partial charge >= 0.3 is 0 Å². The fourth-order valence-electron chi connectivity index (χ4n) is 3.75. The molecule has 0 radical (unpaired) electrons. The molecule has 0 aromatic heterocycles. The highest BCUT2D eigenvalue weighted by Crippen LogP contribution is 2.31. The van der Waals surface area contributed by atoms with Gasteiger partial charge in [-0.15, -0.1) is 0 Å². The second-order valence-electron chi connectivity index (χ2n) is 8.67. The van der Waals surface area contributed by atoms with E-state index in [-0.39, 0.29) is 18.1 Å². The summed E-state index contributed by atoms with van der Waals surface area (Å²) in [5.41, 5.74) is 1.94. The fraction of sp³-hybridized carbons (Fsp3) is 0.500. The molecule has 1 fully saturated rings. The summed E-state index contributed by atoms with van der Waals surface area (Å²) in [5.74, 6) is 1.36. The topological polar surface area (TPSA) is 42.0 Å². The van der Waals surface area contributed by atoms with E-state index in [1.165, 1.54) is 5.57 Å². The van der Waals surface area contributed by atoms with E-state index in [1.54, 1.807) is 0 Å². The molecule has 3 rings (SSSR count). The van der Waals surface area contributed by atoms with Crippen molar-refractivity contribution in [3.63, 3.8) is 0 Å². The lowest BCUT2D eigenvalue weighted by atomic mass is 10.1. The monoisotopic (exact) mass is 424 g/mol. The molecule has 0 bridgehead atoms. The Morgan fingerprint density at radius 2 is 1.71 bits per heavy atom. The number of nitrogens with zero attached hydrogens (tertiary/aromatic N) is 2. The lowest BCUT2D eigenvalue weighted by molar-refractivity contribution is 0.0649. The van der Waals surface area contributed by atoms with Gasteiger partial charge in [-0.1, -0.05) is 30.4 Å². The standard InChI is InChI=1S/C26H36N2O3/c1-20(2)30-24-13-12-23(19-25(24)31-21(3)4)26(29)28-17-15-27(16-18-28)14-8-11-22-9-6-5-7-10-22/h6,8-13,19-21H,5,7,14-18H2,1-4H3/b11-8+. The average molecular weight is 425 g/mol. The van der Waals surface area contributed by atoms with E-state index < -0.39 is 0 Å². The molecular formula is C26H36N2O3. The largest absolute Gasteiger partial charge is 0.487 e. The number of benzene rings is 1. The first kappa shape index (κ1) is 23.1. The van der Waals surface area contributed by atoms with Gasteiger partial charge in [0.05, 0.1) is 12.2 Å². The molecule has 0 unspecified atom stereocenters. The molecule has 0 spiro atoms. The normalized spacial score (nSPS) is 17.5. The van der Waals surface area contributed by atoms with Crippen LogP contribution in [0.2, 0.25) is 0 Å². The number of amides is 1.